The summed E-state index contributed by atoms with van der Waals surface area (Å²) in [5, 5.41) is 2.82. The van der Waals surface area contributed by atoms with Crippen molar-refractivity contribution >= 4 is 0 Å². The molecule has 0 aromatic heterocycles. The molecule has 4 heteroatoms. The summed E-state index contributed by atoms with van der Waals surface area (Å²) in [7, 11) is 1.71. The highest BCUT2D eigenvalue weighted by atomic mass is 19.1. The predicted molar refractivity (Wildman–Crippen MR) is 50.3 cm³/mol. The molecule has 0 aliphatic carbocycles. The van der Waals surface area contributed by atoms with Gasteiger partial charge in [0.15, 0.2) is 11.6 Å². The van der Waals surface area contributed by atoms with Gasteiger partial charge in [-0.2, -0.15) is 0 Å². The lowest BCUT2D eigenvalue weighted by atomic mass is 10.2. The van der Waals surface area contributed by atoms with E-state index >= 15 is 0 Å². The maximum atomic E-state index is 13.2. The fourth-order valence-corrected chi connectivity index (χ4v) is 1.24. The van der Waals surface area contributed by atoms with Gasteiger partial charge in [-0.25, -0.2) is 8.78 Å². The Hall–Kier alpha value is -1.16. The van der Waals surface area contributed by atoms with E-state index in [9.17, 15) is 8.78 Å². The maximum absolute atomic E-state index is 13.2. The number of hydrogen-bond donors (Lipinski definition) is 1. The van der Waals surface area contributed by atoms with Crippen LogP contribution in [0.15, 0.2) is 12.1 Å². The molecule has 1 rings (SSSR count). The second-order valence-corrected chi connectivity index (χ2v) is 2.84. The molecule has 0 atom stereocenters. The third-order valence-electron chi connectivity index (χ3n) is 1.74. The van der Waals surface area contributed by atoms with E-state index in [1.54, 1.807) is 14.0 Å². The zero-order valence-electron chi connectivity index (χ0n) is 8.23. The van der Waals surface area contributed by atoms with Crippen molar-refractivity contribution in [2.75, 3.05) is 13.7 Å². The first-order chi connectivity index (χ1) is 6.69. The van der Waals surface area contributed by atoms with Gasteiger partial charge in [0.2, 0.25) is 0 Å². The Morgan fingerprint density at radius 1 is 1.36 bits per heavy atom. The Bertz CT molecular complexity index is 315. The molecule has 0 fully saturated rings. The lowest BCUT2D eigenvalue weighted by Gasteiger charge is -2.10. The minimum atomic E-state index is -0.655. The topological polar surface area (TPSA) is 21.3 Å². The number of halogens is 2. The van der Waals surface area contributed by atoms with Gasteiger partial charge in [0.25, 0.3) is 0 Å². The molecule has 78 valence electrons. The monoisotopic (exact) mass is 201 g/mol. The summed E-state index contributed by atoms with van der Waals surface area (Å²) in [4.78, 5) is 0. The van der Waals surface area contributed by atoms with E-state index in [4.69, 9.17) is 4.74 Å². The van der Waals surface area contributed by atoms with Crippen LogP contribution in [0.2, 0.25) is 0 Å². The second-order valence-electron chi connectivity index (χ2n) is 2.84. The van der Waals surface area contributed by atoms with Crippen LogP contribution < -0.4 is 10.1 Å². The molecule has 0 saturated heterocycles. The van der Waals surface area contributed by atoms with E-state index in [0.29, 0.717) is 18.7 Å². The smallest absolute Gasteiger partial charge is 0.168 e. The molecule has 1 N–H and O–H groups in total. The molecule has 1 aromatic rings. The summed E-state index contributed by atoms with van der Waals surface area (Å²) in [6.45, 7) is 2.50. The van der Waals surface area contributed by atoms with Crippen LogP contribution in [0.25, 0.3) is 0 Å². The standard InChI is InChI=1S/C10H13F2NO/c1-3-14-10-7(6-13-2)4-8(11)5-9(10)12/h4-5,13H,3,6H2,1-2H3. The first-order valence-electron chi connectivity index (χ1n) is 4.44. The van der Waals surface area contributed by atoms with Crippen LogP contribution in [0.5, 0.6) is 5.75 Å². The molecule has 0 aliphatic rings. The van der Waals surface area contributed by atoms with Gasteiger partial charge in [-0.15, -0.1) is 0 Å². The quantitative estimate of drug-likeness (QED) is 0.805. The van der Waals surface area contributed by atoms with Crippen molar-refractivity contribution in [2.24, 2.45) is 0 Å². The number of nitrogens with one attached hydrogen (secondary N) is 1. The van der Waals surface area contributed by atoms with E-state index in [2.05, 4.69) is 5.32 Å². The Kier molecular flexibility index (Phi) is 3.83. The molecule has 0 heterocycles. The van der Waals surface area contributed by atoms with E-state index in [-0.39, 0.29) is 5.75 Å². The fourth-order valence-electron chi connectivity index (χ4n) is 1.24. The van der Waals surface area contributed by atoms with Crippen molar-refractivity contribution in [3.8, 4) is 5.75 Å². The Morgan fingerprint density at radius 2 is 2.07 bits per heavy atom. The first kappa shape index (κ1) is 10.9. The average molecular weight is 201 g/mol. The van der Waals surface area contributed by atoms with Gasteiger partial charge in [-0.1, -0.05) is 0 Å². The van der Waals surface area contributed by atoms with E-state index in [0.717, 1.165) is 6.07 Å². The van der Waals surface area contributed by atoms with Crippen LogP contribution in [-0.2, 0) is 6.54 Å². The molecule has 0 unspecified atom stereocenters. The zero-order chi connectivity index (χ0) is 10.6. The SMILES string of the molecule is CCOc1c(F)cc(F)cc1CNC. The van der Waals surface area contributed by atoms with E-state index in [1.807, 2.05) is 0 Å². The van der Waals surface area contributed by atoms with Gasteiger partial charge in [0, 0.05) is 18.2 Å². The van der Waals surface area contributed by atoms with Crippen LogP contribution in [-0.4, -0.2) is 13.7 Å². The minimum absolute atomic E-state index is 0.128. The van der Waals surface area contributed by atoms with Gasteiger partial charge >= 0.3 is 0 Å². The third kappa shape index (κ3) is 2.42. The summed E-state index contributed by atoms with van der Waals surface area (Å²) in [5.74, 6) is -1.11. The van der Waals surface area contributed by atoms with Crippen LogP contribution >= 0.6 is 0 Å². The fraction of sp³-hybridized carbons (Fsp3) is 0.400. The predicted octanol–water partition coefficient (Wildman–Crippen LogP) is 2.08. The Morgan fingerprint density at radius 3 is 2.64 bits per heavy atom. The zero-order valence-corrected chi connectivity index (χ0v) is 8.23. The van der Waals surface area contributed by atoms with Crippen molar-refractivity contribution in [2.45, 2.75) is 13.5 Å². The summed E-state index contributed by atoms with van der Waals surface area (Å²) in [6.07, 6.45) is 0. The van der Waals surface area contributed by atoms with Gasteiger partial charge < -0.3 is 10.1 Å². The van der Waals surface area contributed by atoms with Gasteiger partial charge in [-0.3, -0.25) is 0 Å². The molecule has 0 saturated carbocycles. The second kappa shape index (κ2) is 4.91. The first-order valence-corrected chi connectivity index (χ1v) is 4.44. The Balaban J connectivity index is 3.07. The third-order valence-corrected chi connectivity index (χ3v) is 1.74. The van der Waals surface area contributed by atoms with E-state index in [1.165, 1.54) is 6.07 Å². The molecule has 0 radical (unpaired) electrons. The lowest BCUT2D eigenvalue weighted by molar-refractivity contribution is 0.315. The van der Waals surface area contributed by atoms with Crippen LogP contribution in [0.4, 0.5) is 8.78 Å². The lowest BCUT2D eigenvalue weighted by Crippen LogP contribution is -2.09. The molecular weight excluding hydrogens is 188 g/mol. The molecule has 0 spiro atoms. The van der Waals surface area contributed by atoms with Crippen molar-refractivity contribution < 1.29 is 13.5 Å². The minimum Gasteiger partial charge on any atom is -0.490 e. The van der Waals surface area contributed by atoms with E-state index < -0.39 is 11.6 Å². The summed E-state index contributed by atoms with van der Waals surface area (Å²) < 4.78 is 31.2. The van der Waals surface area contributed by atoms with Crippen molar-refractivity contribution in [3.63, 3.8) is 0 Å². The highest BCUT2D eigenvalue weighted by molar-refractivity contribution is 5.35. The normalized spacial score (nSPS) is 10.3. The summed E-state index contributed by atoms with van der Waals surface area (Å²) >= 11 is 0. The molecule has 0 aliphatic heterocycles. The molecule has 0 amide bonds. The number of ether oxygens (including phenoxy) is 1. The summed E-state index contributed by atoms with van der Waals surface area (Å²) in [5.41, 5.74) is 0.492. The molecule has 0 bridgehead atoms. The highest BCUT2D eigenvalue weighted by Crippen LogP contribution is 2.24. The average Bonchev–Trinajstić information content (AvgIpc) is 2.11. The van der Waals surface area contributed by atoms with Crippen molar-refractivity contribution in [3.05, 3.63) is 29.3 Å². The number of hydrogen-bond acceptors (Lipinski definition) is 2. The molecule has 14 heavy (non-hydrogen) atoms. The Labute approximate surface area is 81.9 Å². The molecule has 2 nitrogen and oxygen atoms in total. The van der Waals surface area contributed by atoms with Gasteiger partial charge in [0.1, 0.15) is 5.82 Å². The van der Waals surface area contributed by atoms with Crippen molar-refractivity contribution in [1.29, 1.82) is 0 Å². The van der Waals surface area contributed by atoms with Gasteiger partial charge in [-0.05, 0) is 20.0 Å². The van der Waals surface area contributed by atoms with Crippen LogP contribution in [0.1, 0.15) is 12.5 Å². The molecule has 1 aromatic carbocycles. The highest BCUT2D eigenvalue weighted by Gasteiger charge is 2.11. The van der Waals surface area contributed by atoms with Gasteiger partial charge in [0.05, 0.1) is 6.61 Å². The number of benzene rings is 1. The summed E-state index contributed by atoms with van der Waals surface area (Å²) in [6, 6.07) is 2.09. The molecular formula is C10H13F2NO. The van der Waals surface area contributed by atoms with Crippen molar-refractivity contribution in [1.82, 2.24) is 5.32 Å². The van der Waals surface area contributed by atoms with Crippen LogP contribution in [0, 0.1) is 11.6 Å². The number of rotatable bonds is 4. The largest absolute Gasteiger partial charge is 0.490 e. The maximum Gasteiger partial charge on any atom is 0.168 e. The van der Waals surface area contributed by atoms with Crippen LogP contribution in [0.3, 0.4) is 0 Å².